The van der Waals surface area contributed by atoms with Crippen LogP contribution in [0.2, 0.25) is 9.36 Å². The van der Waals surface area contributed by atoms with Crippen LogP contribution in [0, 0.1) is 0 Å². The summed E-state index contributed by atoms with van der Waals surface area (Å²) in [5.74, 6) is 0. The fraction of sp³-hybridized carbons (Fsp3) is 0.294. The Kier molecular flexibility index (Phi) is 5.76. The van der Waals surface area contributed by atoms with E-state index in [4.69, 9.17) is 0 Å². The van der Waals surface area contributed by atoms with Crippen LogP contribution in [0.3, 0.4) is 0 Å². The van der Waals surface area contributed by atoms with E-state index in [0.29, 0.717) is 3.67 Å². The van der Waals surface area contributed by atoms with Crippen molar-refractivity contribution in [1.82, 2.24) is 0 Å². The molecule has 1 atom stereocenters. The Morgan fingerprint density at radius 3 is 2.43 bits per heavy atom. The summed E-state index contributed by atoms with van der Waals surface area (Å²) in [7, 11) is 0. The SMILES string of the molecule is CC1=C[CH]([Hf]([CH3])([CH3])(=[SiH2])[C]2=CC=CC2)c2ccccc21.Cl.Cl. The van der Waals surface area contributed by atoms with Crippen molar-refractivity contribution in [3.8, 4) is 0 Å². The molecule has 0 N–H and O–H groups in total. The van der Waals surface area contributed by atoms with Crippen molar-refractivity contribution in [2.24, 2.45) is 0 Å². The summed E-state index contributed by atoms with van der Waals surface area (Å²) >= 11 is -2.99. The molecule has 21 heavy (non-hydrogen) atoms. The number of rotatable bonds is 2. The van der Waals surface area contributed by atoms with Crippen LogP contribution in [0.1, 0.15) is 28.1 Å². The molecule has 0 saturated heterocycles. The minimum atomic E-state index is -2.99. The van der Waals surface area contributed by atoms with Crippen LogP contribution < -0.4 is 0 Å². The zero-order valence-electron chi connectivity index (χ0n) is 12.9. The smallest absolute Gasteiger partial charge is 0.147 e. The van der Waals surface area contributed by atoms with Crippen LogP contribution in [0.15, 0.2) is 51.9 Å². The van der Waals surface area contributed by atoms with Gasteiger partial charge in [0.15, 0.2) is 0 Å². The summed E-state index contributed by atoms with van der Waals surface area (Å²) in [6.45, 7) is 4.64. The van der Waals surface area contributed by atoms with Crippen molar-refractivity contribution >= 4 is 37.3 Å². The number of hydrogen-bond donors (Lipinski definition) is 0. The molecule has 0 heterocycles. The van der Waals surface area contributed by atoms with Gasteiger partial charge in [0.1, 0.15) is 0 Å². The minimum Gasteiger partial charge on any atom is -0.147 e. The number of benzene rings is 1. The van der Waals surface area contributed by atoms with Gasteiger partial charge in [0, 0.05) is 0 Å². The first-order valence-corrected chi connectivity index (χ1v) is 26.5. The van der Waals surface area contributed by atoms with Gasteiger partial charge in [0.25, 0.3) is 0 Å². The van der Waals surface area contributed by atoms with Gasteiger partial charge in [-0.05, 0) is 0 Å². The Bertz CT molecular complexity index is 707. The van der Waals surface area contributed by atoms with E-state index in [0.717, 1.165) is 0 Å². The van der Waals surface area contributed by atoms with Crippen LogP contribution >= 0.6 is 24.8 Å². The van der Waals surface area contributed by atoms with Crippen LogP contribution in [0.4, 0.5) is 0 Å². The summed E-state index contributed by atoms with van der Waals surface area (Å²) in [5.41, 5.74) is 4.55. The van der Waals surface area contributed by atoms with E-state index >= 15 is 0 Å². The van der Waals surface area contributed by atoms with Crippen LogP contribution in [0.5, 0.6) is 0 Å². The average molecular weight is 506 g/mol. The van der Waals surface area contributed by atoms with Gasteiger partial charge in [-0.15, -0.1) is 24.8 Å². The van der Waals surface area contributed by atoms with E-state index in [1.807, 2.05) is 0 Å². The largest absolute Gasteiger partial charge is 0.147 e. The predicted molar refractivity (Wildman–Crippen MR) is 99.4 cm³/mol. The third kappa shape index (κ3) is 3.10. The van der Waals surface area contributed by atoms with Crippen LogP contribution in [0.25, 0.3) is 5.57 Å². The molecule has 0 amide bonds. The zero-order valence-corrected chi connectivity index (χ0v) is 19.6. The molecular weight excluding hydrogens is 482 g/mol. The van der Waals surface area contributed by atoms with Crippen molar-refractivity contribution in [2.75, 3.05) is 0 Å². The van der Waals surface area contributed by atoms with Crippen molar-refractivity contribution < 1.29 is 17.1 Å². The molecular formula is C17H24Cl2HfSi. The fourth-order valence-corrected chi connectivity index (χ4v) is 22.4. The topological polar surface area (TPSA) is 0 Å². The maximum absolute atomic E-state index is 2.99. The standard InChI is InChI=1S/C10H9.C5H5.2CH3.2ClH.Hf.H2Si/c1-8-6-7-9-4-2-3-5-10(8)9;1-2-4-5-3-1;;;;;;/h2-7H,1H3;1-3H,4H2;2*1H3;2*1H;;1H2. The Balaban J connectivity index is 0.00000110. The van der Waals surface area contributed by atoms with Crippen LogP contribution in [-0.2, 0) is 17.1 Å². The number of allylic oxidation sites excluding steroid dienone is 6. The summed E-state index contributed by atoms with van der Waals surface area (Å²) in [6, 6.07) is 9.02. The van der Waals surface area contributed by atoms with E-state index < -0.39 is 17.1 Å². The summed E-state index contributed by atoms with van der Waals surface area (Å²) in [6.07, 6.45) is 10.7. The maximum atomic E-state index is 2.63. The Hall–Kier alpha value is 0.107. The number of hydrogen-bond acceptors (Lipinski definition) is 0. The fourth-order valence-electron chi connectivity index (χ4n) is 3.58. The average Bonchev–Trinajstić information content (AvgIpc) is 2.98. The van der Waals surface area contributed by atoms with Gasteiger partial charge in [0.05, 0.1) is 0 Å². The second-order valence-corrected chi connectivity index (χ2v) is 49.6. The van der Waals surface area contributed by atoms with Gasteiger partial charge in [-0.25, -0.2) is 0 Å². The summed E-state index contributed by atoms with van der Waals surface area (Å²) in [4.78, 5) is 0. The molecule has 1 aromatic rings. The molecule has 0 aliphatic heterocycles. The molecule has 114 valence electrons. The second kappa shape index (κ2) is 6.31. The maximum Gasteiger partial charge on any atom is -0.147 e. The molecule has 0 aromatic heterocycles. The first-order chi connectivity index (χ1) is 8.88. The molecule has 2 aliphatic carbocycles. The van der Waals surface area contributed by atoms with E-state index in [9.17, 15) is 0 Å². The Labute approximate surface area is 143 Å². The van der Waals surface area contributed by atoms with Gasteiger partial charge in [-0.1, -0.05) is 0 Å². The second-order valence-electron chi connectivity index (χ2n) is 7.05. The minimum absolute atomic E-state index is 0. The summed E-state index contributed by atoms with van der Waals surface area (Å²) < 4.78 is 7.72. The van der Waals surface area contributed by atoms with Gasteiger partial charge in [0.2, 0.25) is 0 Å². The molecule has 3 rings (SSSR count). The first kappa shape index (κ1) is 19.2. The molecule has 0 spiro atoms. The third-order valence-electron chi connectivity index (χ3n) is 4.96. The molecule has 0 bridgehead atoms. The first-order valence-electron chi connectivity index (χ1n) is 7.10. The van der Waals surface area contributed by atoms with Crippen molar-refractivity contribution in [3.05, 3.63) is 63.0 Å². The molecule has 1 unspecified atom stereocenters. The Morgan fingerprint density at radius 1 is 1.14 bits per heavy atom. The van der Waals surface area contributed by atoms with Gasteiger partial charge in [-0.2, -0.15) is 0 Å². The molecule has 0 fully saturated rings. The molecule has 1 aromatic carbocycles. The number of fused-ring (bicyclic) bond motifs is 1. The summed E-state index contributed by atoms with van der Waals surface area (Å²) in [5, 5.41) is 0. The van der Waals surface area contributed by atoms with Crippen molar-refractivity contribution in [1.29, 1.82) is 0 Å². The molecule has 4 heteroatoms. The Morgan fingerprint density at radius 2 is 1.81 bits per heavy atom. The van der Waals surface area contributed by atoms with Crippen molar-refractivity contribution in [3.63, 3.8) is 0 Å². The third-order valence-corrected chi connectivity index (χ3v) is 30.1. The monoisotopic (exact) mass is 506 g/mol. The normalized spacial score (nSPS) is 20.1. The molecule has 2 aliphatic rings. The van der Waals surface area contributed by atoms with Gasteiger partial charge < -0.3 is 0 Å². The molecule has 0 saturated carbocycles. The molecule has 0 nitrogen and oxygen atoms in total. The van der Waals surface area contributed by atoms with E-state index in [1.165, 1.54) is 17.6 Å². The quantitative estimate of drug-likeness (QED) is 0.487. The van der Waals surface area contributed by atoms with Gasteiger partial charge >= 0.3 is 119 Å². The number of halogens is 2. The van der Waals surface area contributed by atoms with E-state index in [2.05, 4.69) is 71.8 Å². The van der Waals surface area contributed by atoms with E-state index in [-0.39, 0.29) is 24.8 Å². The zero-order chi connectivity index (χ0) is 13.7. The van der Waals surface area contributed by atoms with Crippen LogP contribution in [-0.4, -0.2) is 6.94 Å². The van der Waals surface area contributed by atoms with E-state index in [1.54, 1.807) is 8.89 Å². The molecule has 0 radical (unpaired) electrons. The van der Waals surface area contributed by atoms with Gasteiger partial charge in [-0.3, -0.25) is 0 Å². The predicted octanol–water partition coefficient (Wildman–Crippen LogP) is 5.17. The van der Waals surface area contributed by atoms with Crippen molar-refractivity contribution in [2.45, 2.75) is 26.4 Å².